The van der Waals surface area contributed by atoms with Crippen LogP contribution in [0.25, 0.3) is 22.6 Å². The third-order valence-electron chi connectivity index (χ3n) is 7.50. The number of hydrogen-bond acceptors (Lipinski definition) is 8. The molecule has 2 aromatic heterocycles. The van der Waals surface area contributed by atoms with Crippen molar-refractivity contribution < 1.29 is 18.8 Å². The van der Waals surface area contributed by atoms with E-state index in [9.17, 15) is 9.50 Å². The molecule has 3 heterocycles. The molecular formula is C30H42FN5O3. The molecule has 212 valence electrons. The summed E-state index contributed by atoms with van der Waals surface area (Å²) in [6.45, 7) is 10.6. The number of aromatic nitrogens is 3. The summed E-state index contributed by atoms with van der Waals surface area (Å²) in [7, 11) is 1.79. The molecule has 1 aromatic carbocycles. The molecule has 1 fully saturated rings. The molecule has 0 aliphatic carbocycles. The smallest absolute Gasteiger partial charge is 0.160 e. The van der Waals surface area contributed by atoms with Crippen LogP contribution in [0.2, 0.25) is 0 Å². The first kappa shape index (κ1) is 29.1. The summed E-state index contributed by atoms with van der Waals surface area (Å²) in [6.07, 6.45) is 2.66. The number of halogens is 1. The number of benzene rings is 1. The van der Waals surface area contributed by atoms with Crippen molar-refractivity contribution >= 4 is 0 Å². The van der Waals surface area contributed by atoms with E-state index in [0.717, 1.165) is 78.3 Å². The van der Waals surface area contributed by atoms with E-state index in [1.807, 2.05) is 38.1 Å². The lowest BCUT2D eigenvalue weighted by Crippen LogP contribution is -2.37. The van der Waals surface area contributed by atoms with Gasteiger partial charge in [-0.25, -0.2) is 14.4 Å². The number of ether oxygens (including phenoxy) is 1. The van der Waals surface area contributed by atoms with Crippen molar-refractivity contribution in [1.82, 2.24) is 25.3 Å². The third-order valence-corrected chi connectivity index (χ3v) is 7.50. The van der Waals surface area contributed by atoms with Crippen LogP contribution in [0.1, 0.15) is 48.9 Å². The molecule has 4 rings (SSSR count). The minimum absolute atomic E-state index is 0.192. The Hall–Kier alpha value is -2.88. The second-order valence-corrected chi connectivity index (χ2v) is 10.8. The fraction of sp³-hybridized carbons (Fsp3) is 0.567. The van der Waals surface area contributed by atoms with E-state index in [1.165, 1.54) is 0 Å². The highest BCUT2D eigenvalue weighted by molar-refractivity contribution is 5.70. The fourth-order valence-corrected chi connectivity index (χ4v) is 5.37. The van der Waals surface area contributed by atoms with E-state index in [1.54, 1.807) is 14.0 Å². The average Bonchev–Trinajstić information content (AvgIpc) is 3.25. The number of nitrogens with zero attached hydrogens (tertiary/aromatic N) is 4. The van der Waals surface area contributed by atoms with Gasteiger partial charge in [0.2, 0.25) is 0 Å². The zero-order chi connectivity index (χ0) is 27.9. The van der Waals surface area contributed by atoms with Crippen LogP contribution >= 0.6 is 0 Å². The predicted molar refractivity (Wildman–Crippen MR) is 151 cm³/mol. The summed E-state index contributed by atoms with van der Waals surface area (Å²) in [5.74, 6) is 2.61. The second-order valence-electron chi connectivity index (χ2n) is 10.8. The first-order chi connectivity index (χ1) is 18.7. The molecule has 2 atom stereocenters. The van der Waals surface area contributed by atoms with Crippen molar-refractivity contribution in [2.24, 2.45) is 5.92 Å². The zero-order valence-corrected chi connectivity index (χ0v) is 23.8. The molecule has 1 saturated heterocycles. The van der Waals surface area contributed by atoms with E-state index < -0.39 is 12.3 Å². The van der Waals surface area contributed by atoms with Crippen molar-refractivity contribution in [2.75, 3.05) is 39.8 Å². The Kier molecular flexibility index (Phi) is 10.0. The Balaban J connectivity index is 1.59. The molecule has 3 aromatic rings. The summed E-state index contributed by atoms with van der Waals surface area (Å²) in [6, 6.07) is 7.68. The van der Waals surface area contributed by atoms with Crippen LogP contribution in [0.5, 0.6) is 5.75 Å². The highest BCUT2D eigenvalue weighted by Gasteiger charge is 2.23. The van der Waals surface area contributed by atoms with Gasteiger partial charge in [0, 0.05) is 24.3 Å². The van der Waals surface area contributed by atoms with E-state index in [4.69, 9.17) is 19.2 Å². The van der Waals surface area contributed by atoms with Crippen LogP contribution in [0.3, 0.4) is 0 Å². The summed E-state index contributed by atoms with van der Waals surface area (Å²) >= 11 is 0. The molecule has 2 N–H and O–H groups in total. The van der Waals surface area contributed by atoms with Gasteiger partial charge in [0.1, 0.15) is 30.4 Å². The van der Waals surface area contributed by atoms with E-state index in [0.29, 0.717) is 30.6 Å². The Morgan fingerprint density at radius 1 is 1.21 bits per heavy atom. The third kappa shape index (κ3) is 7.62. The van der Waals surface area contributed by atoms with Crippen LogP contribution < -0.4 is 10.1 Å². The molecule has 0 saturated carbocycles. The lowest BCUT2D eigenvalue weighted by Gasteiger charge is -2.32. The monoisotopic (exact) mass is 539 g/mol. The van der Waals surface area contributed by atoms with Crippen molar-refractivity contribution in [2.45, 2.75) is 65.7 Å². The molecule has 2 unspecified atom stereocenters. The van der Waals surface area contributed by atoms with Crippen LogP contribution in [-0.4, -0.2) is 77.2 Å². The number of hydrogen-bond donors (Lipinski definition) is 2. The van der Waals surface area contributed by atoms with Gasteiger partial charge in [0.15, 0.2) is 5.82 Å². The Bertz CT molecular complexity index is 1200. The number of piperidine rings is 1. The van der Waals surface area contributed by atoms with Crippen molar-refractivity contribution in [3.05, 3.63) is 47.0 Å². The molecular weight excluding hydrogens is 497 g/mol. The van der Waals surface area contributed by atoms with E-state index in [-0.39, 0.29) is 6.61 Å². The van der Waals surface area contributed by atoms with Crippen molar-refractivity contribution in [3.8, 4) is 28.4 Å². The molecule has 0 spiro atoms. The summed E-state index contributed by atoms with van der Waals surface area (Å²) in [5.41, 5.74) is 5.46. The maximum absolute atomic E-state index is 13.4. The molecule has 8 nitrogen and oxygen atoms in total. The van der Waals surface area contributed by atoms with E-state index >= 15 is 0 Å². The predicted octanol–water partition coefficient (Wildman–Crippen LogP) is 4.69. The van der Waals surface area contributed by atoms with Gasteiger partial charge >= 0.3 is 0 Å². The number of aryl methyl sites for hydroxylation is 3. The molecule has 0 radical (unpaired) electrons. The maximum atomic E-state index is 13.4. The standard InChI is InChI=1S/C30H42FN5O3/c1-19(31)17-36-13-11-23(12-14-36)9-10-27-20(2)29(28-21(3)35-39-22(28)4)34-30(33-27)24-7-6-8-26(15-24)38-18-25(37)16-32-5/h6-8,15,19,23,25,32,37H,9-14,16-18H2,1-5H3. The first-order valence-corrected chi connectivity index (χ1v) is 14.0. The summed E-state index contributed by atoms with van der Waals surface area (Å²) in [4.78, 5) is 12.3. The number of rotatable bonds is 12. The Morgan fingerprint density at radius 3 is 2.64 bits per heavy atom. The fourth-order valence-electron chi connectivity index (χ4n) is 5.37. The molecule has 9 heteroatoms. The number of likely N-dealkylation sites (N-methyl/N-ethyl adjacent to an activating group) is 1. The van der Waals surface area contributed by atoms with E-state index in [2.05, 4.69) is 22.3 Å². The van der Waals surface area contributed by atoms with Gasteiger partial charge in [-0.3, -0.25) is 0 Å². The van der Waals surface area contributed by atoms with Gasteiger partial charge in [0.25, 0.3) is 0 Å². The Labute approximate surface area is 231 Å². The second kappa shape index (κ2) is 13.5. The van der Waals surface area contributed by atoms with Crippen LogP contribution in [-0.2, 0) is 6.42 Å². The minimum atomic E-state index is -0.784. The number of nitrogens with one attached hydrogen (secondary N) is 1. The van der Waals surface area contributed by atoms with Crippen molar-refractivity contribution in [3.63, 3.8) is 0 Å². The van der Waals surface area contributed by atoms with Crippen molar-refractivity contribution in [1.29, 1.82) is 0 Å². The quantitative estimate of drug-likeness (QED) is 0.342. The Morgan fingerprint density at radius 2 is 1.97 bits per heavy atom. The van der Waals surface area contributed by atoms with Gasteiger partial charge in [-0.15, -0.1) is 0 Å². The first-order valence-electron chi connectivity index (χ1n) is 14.0. The van der Waals surface area contributed by atoms with Gasteiger partial charge in [0.05, 0.1) is 17.0 Å². The molecule has 39 heavy (non-hydrogen) atoms. The van der Waals surface area contributed by atoms with Crippen LogP contribution in [0.4, 0.5) is 4.39 Å². The highest BCUT2D eigenvalue weighted by atomic mass is 19.1. The number of aliphatic hydroxyl groups excluding tert-OH is 1. The average molecular weight is 540 g/mol. The normalized spacial score (nSPS) is 16.4. The minimum Gasteiger partial charge on any atom is -0.491 e. The summed E-state index contributed by atoms with van der Waals surface area (Å²) in [5, 5.41) is 17.1. The maximum Gasteiger partial charge on any atom is 0.160 e. The van der Waals surface area contributed by atoms with Crippen LogP contribution in [0.15, 0.2) is 28.8 Å². The lowest BCUT2D eigenvalue weighted by atomic mass is 9.90. The van der Waals surface area contributed by atoms with Gasteiger partial charge < -0.3 is 24.6 Å². The topological polar surface area (TPSA) is 96.5 Å². The molecule has 1 aliphatic heterocycles. The number of likely N-dealkylation sites (tertiary alicyclic amines) is 1. The number of aliphatic hydroxyl groups is 1. The van der Waals surface area contributed by atoms with Gasteiger partial charge in [-0.05, 0) is 97.1 Å². The molecule has 0 amide bonds. The largest absolute Gasteiger partial charge is 0.491 e. The molecule has 0 bridgehead atoms. The van der Waals surface area contributed by atoms with Gasteiger partial charge in [-0.1, -0.05) is 17.3 Å². The summed E-state index contributed by atoms with van der Waals surface area (Å²) < 4.78 is 24.8. The molecule has 1 aliphatic rings. The van der Waals surface area contributed by atoms with Crippen LogP contribution in [0, 0.1) is 26.7 Å². The van der Waals surface area contributed by atoms with Gasteiger partial charge in [-0.2, -0.15) is 0 Å². The zero-order valence-electron chi connectivity index (χ0n) is 23.8. The lowest BCUT2D eigenvalue weighted by molar-refractivity contribution is 0.108. The highest BCUT2D eigenvalue weighted by Crippen LogP contribution is 2.33. The SMILES string of the molecule is CNCC(O)COc1cccc(-c2nc(CCC3CCN(CC(C)F)CC3)c(C)c(-c3c(C)noc3C)n2)c1. The number of alkyl halides is 1.